The van der Waals surface area contributed by atoms with E-state index < -0.39 is 11.4 Å². The Bertz CT molecular complexity index is 1400. The lowest BCUT2D eigenvalue weighted by molar-refractivity contribution is 0.0153. The van der Waals surface area contributed by atoms with Gasteiger partial charge in [0.15, 0.2) is 5.82 Å². The highest BCUT2D eigenvalue weighted by molar-refractivity contribution is 6.33. The molecule has 0 spiro atoms. The van der Waals surface area contributed by atoms with Crippen LogP contribution in [0.15, 0.2) is 59.1 Å². The first-order chi connectivity index (χ1) is 18.6. The molecule has 3 aromatic rings. The summed E-state index contributed by atoms with van der Waals surface area (Å²) in [6, 6.07) is 5.35. The molecular weight excluding hydrogens is 521 g/mol. The van der Waals surface area contributed by atoms with Crippen molar-refractivity contribution in [1.29, 1.82) is 0 Å². The lowest BCUT2D eigenvalue weighted by Crippen LogP contribution is -2.50. The van der Waals surface area contributed by atoms with E-state index in [-0.39, 0.29) is 16.7 Å². The molecule has 1 saturated heterocycles. The predicted molar refractivity (Wildman–Crippen MR) is 154 cm³/mol. The predicted octanol–water partition coefficient (Wildman–Crippen LogP) is 5.87. The molecule has 0 bridgehead atoms. The first kappa shape index (κ1) is 28.3. The Morgan fingerprint density at radius 2 is 2.03 bits per heavy atom. The minimum Gasteiger partial charge on any atom is -0.444 e. The topological polar surface area (TPSA) is 98.7 Å². The van der Waals surface area contributed by atoms with E-state index in [1.807, 2.05) is 39.8 Å². The van der Waals surface area contributed by atoms with E-state index in [4.69, 9.17) is 16.3 Å². The van der Waals surface area contributed by atoms with Crippen LogP contribution in [-0.4, -0.2) is 75.9 Å². The summed E-state index contributed by atoms with van der Waals surface area (Å²) in [5.41, 5.74) is 2.84. The summed E-state index contributed by atoms with van der Waals surface area (Å²) in [6.45, 7) is 14.7. The smallest absolute Gasteiger partial charge is 0.410 e. The maximum atomic E-state index is 14.4. The molecule has 1 aromatic carbocycles. The van der Waals surface area contributed by atoms with Crippen LogP contribution in [-0.2, 0) is 4.74 Å². The molecule has 0 aliphatic carbocycles. The SMILES string of the molecule is C=N/C(=C\C(=C/C)CN1CCN(C(=O)OC(C)(C)C)CC1)Nc1nc2ccc(-c3c(F)cncc3Cl)cc2[nH]1. The first-order valence-corrected chi connectivity index (χ1v) is 13.0. The Labute approximate surface area is 232 Å². The number of aliphatic imine (C=N–C) groups is 1. The quantitative estimate of drug-likeness (QED) is 0.280. The van der Waals surface area contributed by atoms with Crippen molar-refractivity contribution in [2.24, 2.45) is 4.99 Å². The number of ether oxygens (including phenoxy) is 1. The molecule has 1 aliphatic rings. The summed E-state index contributed by atoms with van der Waals surface area (Å²) in [5.74, 6) is 0.507. The molecular formula is C28H33ClFN7O2. The van der Waals surface area contributed by atoms with Crippen LogP contribution in [0.2, 0.25) is 5.02 Å². The van der Waals surface area contributed by atoms with Crippen molar-refractivity contribution < 1.29 is 13.9 Å². The molecule has 0 saturated carbocycles. The number of hydrogen-bond donors (Lipinski definition) is 2. The van der Waals surface area contributed by atoms with Gasteiger partial charge in [0, 0.05) is 44.5 Å². The average molecular weight is 554 g/mol. The van der Waals surface area contributed by atoms with Crippen LogP contribution in [0.1, 0.15) is 27.7 Å². The molecule has 2 aromatic heterocycles. The number of benzene rings is 1. The Hall–Kier alpha value is -3.76. The van der Waals surface area contributed by atoms with Gasteiger partial charge in [0.2, 0.25) is 5.95 Å². The van der Waals surface area contributed by atoms with E-state index in [1.54, 1.807) is 23.1 Å². The number of anilines is 1. The van der Waals surface area contributed by atoms with Gasteiger partial charge in [-0.3, -0.25) is 9.88 Å². The van der Waals surface area contributed by atoms with Crippen LogP contribution in [0.5, 0.6) is 0 Å². The zero-order valence-corrected chi connectivity index (χ0v) is 23.3. The molecule has 0 atom stereocenters. The third-order valence-corrected chi connectivity index (χ3v) is 6.45. The first-order valence-electron chi connectivity index (χ1n) is 12.7. The fraction of sp³-hybridized carbons (Fsp3) is 0.357. The molecule has 4 rings (SSSR count). The summed E-state index contributed by atoms with van der Waals surface area (Å²) in [7, 11) is 0. The number of piperazine rings is 1. The Kier molecular flexibility index (Phi) is 8.66. The minimum atomic E-state index is -0.508. The van der Waals surface area contributed by atoms with Gasteiger partial charge in [0.25, 0.3) is 0 Å². The number of nitrogens with one attached hydrogen (secondary N) is 2. The fourth-order valence-corrected chi connectivity index (χ4v) is 4.48. The average Bonchev–Trinajstić information content (AvgIpc) is 3.28. The molecule has 9 nitrogen and oxygen atoms in total. The van der Waals surface area contributed by atoms with Gasteiger partial charge >= 0.3 is 6.09 Å². The highest BCUT2D eigenvalue weighted by Crippen LogP contribution is 2.31. The second-order valence-corrected chi connectivity index (χ2v) is 10.6. The maximum Gasteiger partial charge on any atom is 0.410 e. The standard InChI is InChI=1S/C28H33ClFN7O2/c1-6-18(17-36-9-11-37(12-10-36)27(38)39-28(2,3)4)13-24(31-5)35-26-33-22-8-7-19(14-23(22)34-26)25-20(29)15-32-16-21(25)30/h6-8,13-16H,5,9-12,17H2,1-4H3,(H2,33,34,35)/b18-6+,24-13+. The largest absolute Gasteiger partial charge is 0.444 e. The van der Waals surface area contributed by atoms with Crippen LogP contribution in [0.3, 0.4) is 0 Å². The van der Waals surface area contributed by atoms with Crippen molar-refractivity contribution in [2.75, 3.05) is 38.0 Å². The number of carbonyl (C=O) groups excluding carboxylic acids is 1. The second-order valence-electron chi connectivity index (χ2n) is 10.2. The third-order valence-electron chi connectivity index (χ3n) is 6.16. The van der Waals surface area contributed by atoms with E-state index in [2.05, 4.69) is 36.9 Å². The van der Waals surface area contributed by atoms with E-state index in [0.29, 0.717) is 48.0 Å². The van der Waals surface area contributed by atoms with Crippen LogP contribution in [0.4, 0.5) is 15.1 Å². The van der Waals surface area contributed by atoms with Crippen molar-refractivity contribution in [3.05, 3.63) is 65.0 Å². The molecule has 1 aliphatic heterocycles. The summed E-state index contributed by atoms with van der Waals surface area (Å²) in [6.07, 6.45) is 6.21. The maximum absolute atomic E-state index is 14.4. The second kappa shape index (κ2) is 12.0. The number of amides is 1. The van der Waals surface area contributed by atoms with Gasteiger partial charge < -0.3 is 19.9 Å². The zero-order valence-electron chi connectivity index (χ0n) is 22.6. The monoisotopic (exact) mass is 553 g/mol. The van der Waals surface area contributed by atoms with Gasteiger partial charge in [0.1, 0.15) is 11.4 Å². The molecule has 3 heterocycles. The summed E-state index contributed by atoms with van der Waals surface area (Å²) < 4.78 is 19.8. The lowest BCUT2D eigenvalue weighted by Gasteiger charge is -2.35. The number of halogens is 2. The van der Waals surface area contributed by atoms with Gasteiger partial charge in [-0.25, -0.2) is 19.2 Å². The number of hydrogen-bond acceptors (Lipinski definition) is 7. The molecule has 1 fully saturated rings. The van der Waals surface area contributed by atoms with E-state index in [1.165, 1.54) is 6.20 Å². The van der Waals surface area contributed by atoms with Crippen molar-refractivity contribution in [3.63, 3.8) is 0 Å². The number of aromatic nitrogens is 3. The van der Waals surface area contributed by atoms with Gasteiger partial charge in [-0.2, -0.15) is 0 Å². The van der Waals surface area contributed by atoms with Crippen molar-refractivity contribution >= 4 is 41.4 Å². The van der Waals surface area contributed by atoms with E-state index >= 15 is 0 Å². The summed E-state index contributed by atoms with van der Waals surface area (Å²) >= 11 is 6.18. The number of allylic oxidation sites excluding steroid dienone is 1. The molecule has 39 heavy (non-hydrogen) atoms. The normalized spacial score (nSPS) is 15.5. The molecule has 11 heteroatoms. The molecule has 2 N–H and O–H groups in total. The lowest BCUT2D eigenvalue weighted by atomic mass is 10.1. The molecule has 0 unspecified atom stereocenters. The van der Waals surface area contributed by atoms with Gasteiger partial charge in [-0.05, 0) is 63.8 Å². The summed E-state index contributed by atoms with van der Waals surface area (Å²) in [5, 5.41) is 3.41. The highest BCUT2D eigenvalue weighted by atomic mass is 35.5. The number of aromatic amines is 1. The van der Waals surface area contributed by atoms with Gasteiger partial charge in [0.05, 0.1) is 22.3 Å². The van der Waals surface area contributed by atoms with Crippen LogP contribution in [0.25, 0.3) is 22.2 Å². The highest BCUT2D eigenvalue weighted by Gasteiger charge is 2.26. The Morgan fingerprint density at radius 1 is 1.28 bits per heavy atom. The van der Waals surface area contributed by atoms with E-state index in [9.17, 15) is 9.18 Å². The van der Waals surface area contributed by atoms with Crippen molar-refractivity contribution in [1.82, 2.24) is 24.8 Å². The fourth-order valence-electron chi connectivity index (χ4n) is 4.22. The third kappa shape index (κ3) is 7.21. The van der Waals surface area contributed by atoms with Crippen LogP contribution < -0.4 is 5.32 Å². The van der Waals surface area contributed by atoms with Crippen molar-refractivity contribution in [3.8, 4) is 11.1 Å². The van der Waals surface area contributed by atoms with Crippen LogP contribution in [0, 0.1) is 5.82 Å². The Morgan fingerprint density at radius 3 is 2.67 bits per heavy atom. The number of nitrogens with zero attached hydrogens (tertiary/aromatic N) is 5. The number of H-pyrrole nitrogens is 1. The number of imidazole rings is 1. The molecule has 206 valence electrons. The number of pyridine rings is 1. The van der Waals surface area contributed by atoms with E-state index in [0.717, 1.165) is 24.9 Å². The molecule has 0 radical (unpaired) electrons. The zero-order chi connectivity index (χ0) is 28.2. The van der Waals surface area contributed by atoms with Crippen molar-refractivity contribution in [2.45, 2.75) is 33.3 Å². The molecule has 1 amide bonds. The minimum absolute atomic E-state index is 0.235. The van der Waals surface area contributed by atoms with Gasteiger partial charge in [-0.1, -0.05) is 23.7 Å². The van der Waals surface area contributed by atoms with Crippen LogP contribution >= 0.6 is 11.6 Å². The summed E-state index contributed by atoms with van der Waals surface area (Å²) in [4.78, 5) is 32.0. The van der Waals surface area contributed by atoms with Gasteiger partial charge in [-0.15, -0.1) is 0 Å². The number of rotatable bonds is 7. The number of carbonyl (C=O) groups is 1. The number of fused-ring (bicyclic) bond motifs is 1. The Balaban J connectivity index is 1.41.